The number of rotatable bonds is 8. The zero-order valence-electron chi connectivity index (χ0n) is 19.6. The lowest BCUT2D eigenvalue weighted by atomic mass is 10.1. The summed E-state index contributed by atoms with van der Waals surface area (Å²) in [5.41, 5.74) is 1.62. The predicted octanol–water partition coefficient (Wildman–Crippen LogP) is 4.93. The van der Waals surface area contributed by atoms with E-state index in [0.29, 0.717) is 35.3 Å². The van der Waals surface area contributed by atoms with Gasteiger partial charge < -0.3 is 9.47 Å². The molecule has 3 aromatic carbocycles. The second-order valence-electron chi connectivity index (χ2n) is 8.37. The van der Waals surface area contributed by atoms with Crippen LogP contribution in [0.1, 0.15) is 23.2 Å². The highest BCUT2D eigenvalue weighted by atomic mass is 32.2. The van der Waals surface area contributed by atoms with Crippen molar-refractivity contribution in [3.63, 3.8) is 0 Å². The first kappa shape index (κ1) is 24.2. The number of hydrogen-bond donors (Lipinski definition) is 1. The average Bonchev–Trinajstić information content (AvgIpc) is 3.57. The van der Waals surface area contributed by atoms with Crippen molar-refractivity contribution in [3.8, 4) is 5.75 Å². The Balaban J connectivity index is 1.37. The summed E-state index contributed by atoms with van der Waals surface area (Å²) in [6.07, 6.45) is 1.81. The molecular formula is C26H25N3O5S2. The third-order valence-electron chi connectivity index (χ3n) is 5.92. The second kappa shape index (κ2) is 10.3. The number of aromatic nitrogens is 1. The van der Waals surface area contributed by atoms with E-state index >= 15 is 0 Å². The fraction of sp³-hybridized carbons (Fsp3) is 0.231. The van der Waals surface area contributed by atoms with Gasteiger partial charge in [-0.05, 0) is 73.5 Å². The van der Waals surface area contributed by atoms with Crippen molar-refractivity contribution < 1.29 is 22.7 Å². The van der Waals surface area contributed by atoms with Gasteiger partial charge in [-0.15, -0.1) is 0 Å². The minimum Gasteiger partial charge on any atom is -0.497 e. The Morgan fingerprint density at radius 2 is 1.86 bits per heavy atom. The summed E-state index contributed by atoms with van der Waals surface area (Å²) in [6, 6.07) is 20.3. The molecule has 0 aliphatic carbocycles. The van der Waals surface area contributed by atoms with Gasteiger partial charge in [-0.1, -0.05) is 23.5 Å². The van der Waals surface area contributed by atoms with Gasteiger partial charge in [-0.3, -0.25) is 14.4 Å². The van der Waals surface area contributed by atoms with E-state index in [-0.39, 0.29) is 16.9 Å². The standard InChI is InChI=1S/C26H25N3O5S2/c1-33-20-12-14-22(15-13-20)36(31,32)28-19-10-8-18(9-11-19)25(30)29(17-21-5-4-16-34-21)26-27-23-6-2-3-7-24(23)35-26/h2-3,6-15,21,28H,4-5,16-17H2,1H3. The van der Waals surface area contributed by atoms with E-state index in [0.717, 1.165) is 23.1 Å². The van der Waals surface area contributed by atoms with Gasteiger partial charge in [-0.25, -0.2) is 13.4 Å². The monoisotopic (exact) mass is 523 g/mol. The van der Waals surface area contributed by atoms with Crippen LogP contribution in [0.2, 0.25) is 0 Å². The summed E-state index contributed by atoms with van der Waals surface area (Å²) < 4.78 is 39.9. The Bertz CT molecular complexity index is 1430. The Labute approximate surface area is 213 Å². The molecule has 186 valence electrons. The fourth-order valence-electron chi connectivity index (χ4n) is 4.02. The van der Waals surface area contributed by atoms with Crippen LogP contribution in [0, 0.1) is 0 Å². The number of fused-ring (bicyclic) bond motifs is 1. The average molecular weight is 524 g/mol. The van der Waals surface area contributed by atoms with Crippen molar-refractivity contribution in [2.45, 2.75) is 23.8 Å². The third-order valence-corrected chi connectivity index (χ3v) is 8.38. The number of methoxy groups -OCH3 is 1. The number of carbonyl (C=O) groups is 1. The number of amides is 1. The van der Waals surface area contributed by atoms with Crippen LogP contribution in [0.4, 0.5) is 10.8 Å². The number of hydrogen-bond acceptors (Lipinski definition) is 7. The molecule has 4 aromatic rings. The first-order valence-corrected chi connectivity index (χ1v) is 13.8. The first-order valence-electron chi connectivity index (χ1n) is 11.5. The van der Waals surface area contributed by atoms with Gasteiger partial charge >= 0.3 is 0 Å². The minimum atomic E-state index is -3.79. The summed E-state index contributed by atoms with van der Waals surface area (Å²) in [5.74, 6) is 0.353. The SMILES string of the molecule is COc1ccc(S(=O)(=O)Nc2ccc(C(=O)N(CC3CCCO3)c3nc4ccccc4s3)cc2)cc1. The maximum absolute atomic E-state index is 13.6. The molecule has 2 heterocycles. The Kier molecular flexibility index (Phi) is 6.90. The maximum Gasteiger partial charge on any atom is 0.261 e. The molecule has 10 heteroatoms. The van der Waals surface area contributed by atoms with Gasteiger partial charge in [0.2, 0.25) is 0 Å². The molecule has 0 saturated carbocycles. The molecule has 1 atom stereocenters. The van der Waals surface area contributed by atoms with Crippen LogP contribution in [0.25, 0.3) is 10.2 Å². The Morgan fingerprint density at radius 1 is 1.11 bits per heavy atom. The lowest BCUT2D eigenvalue weighted by molar-refractivity contribution is 0.0917. The lowest BCUT2D eigenvalue weighted by Crippen LogP contribution is -2.37. The smallest absolute Gasteiger partial charge is 0.261 e. The van der Waals surface area contributed by atoms with E-state index in [1.807, 2.05) is 24.3 Å². The van der Waals surface area contributed by atoms with Crippen LogP contribution in [-0.4, -0.2) is 45.7 Å². The summed E-state index contributed by atoms with van der Waals surface area (Å²) in [5, 5.41) is 0.612. The lowest BCUT2D eigenvalue weighted by Gasteiger charge is -2.23. The molecular weight excluding hydrogens is 498 g/mol. The van der Waals surface area contributed by atoms with Crippen molar-refractivity contribution in [1.29, 1.82) is 0 Å². The molecule has 1 N–H and O–H groups in total. The molecule has 1 amide bonds. The van der Waals surface area contributed by atoms with Crippen LogP contribution in [-0.2, 0) is 14.8 Å². The van der Waals surface area contributed by atoms with Crippen molar-refractivity contribution in [1.82, 2.24) is 4.98 Å². The van der Waals surface area contributed by atoms with E-state index in [9.17, 15) is 13.2 Å². The first-order chi connectivity index (χ1) is 17.4. The number of carbonyl (C=O) groups excluding carboxylic acids is 1. The topological polar surface area (TPSA) is 97.8 Å². The van der Waals surface area contributed by atoms with Gasteiger partial charge in [0.15, 0.2) is 5.13 Å². The van der Waals surface area contributed by atoms with Crippen molar-refractivity contribution in [2.75, 3.05) is 29.9 Å². The van der Waals surface area contributed by atoms with Crippen LogP contribution in [0.15, 0.2) is 77.7 Å². The summed E-state index contributed by atoms with van der Waals surface area (Å²) in [6.45, 7) is 1.10. The van der Waals surface area contributed by atoms with E-state index in [1.165, 1.54) is 30.6 Å². The summed E-state index contributed by atoms with van der Waals surface area (Å²) in [4.78, 5) is 20.0. The van der Waals surface area contributed by atoms with Gasteiger partial charge in [0.25, 0.3) is 15.9 Å². The molecule has 5 rings (SSSR count). The quantitative estimate of drug-likeness (QED) is 0.352. The highest BCUT2D eigenvalue weighted by molar-refractivity contribution is 7.92. The number of benzene rings is 3. The van der Waals surface area contributed by atoms with Gasteiger partial charge in [-0.2, -0.15) is 0 Å². The van der Waals surface area contributed by atoms with Crippen LogP contribution in [0.3, 0.4) is 0 Å². The molecule has 1 fully saturated rings. The van der Waals surface area contributed by atoms with Crippen molar-refractivity contribution >= 4 is 48.3 Å². The highest BCUT2D eigenvalue weighted by Gasteiger charge is 2.27. The van der Waals surface area contributed by atoms with Crippen LogP contribution in [0.5, 0.6) is 5.75 Å². The molecule has 1 aromatic heterocycles. The van der Waals surface area contributed by atoms with E-state index in [4.69, 9.17) is 9.47 Å². The number of para-hydroxylation sites is 1. The second-order valence-corrected chi connectivity index (χ2v) is 11.1. The molecule has 1 aliphatic rings. The molecule has 36 heavy (non-hydrogen) atoms. The molecule has 1 aliphatic heterocycles. The fourth-order valence-corrected chi connectivity index (χ4v) is 6.05. The maximum atomic E-state index is 13.6. The largest absolute Gasteiger partial charge is 0.497 e. The van der Waals surface area contributed by atoms with E-state index in [2.05, 4.69) is 9.71 Å². The number of nitrogens with zero attached hydrogens (tertiary/aromatic N) is 2. The number of nitrogens with one attached hydrogen (secondary N) is 1. The van der Waals surface area contributed by atoms with E-state index in [1.54, 1.807) is 41.3 Å². The normalized spacial score (nSPS) is 15.6. The molecule has 1 unspecified atom stereocenters. The number of anilines is 2. The molecule has 0 spiro atoms. The van der Waals surface area contributed by atoms with Crippen LogP contribution >= 0.6 is 11.3 Å². The van der Waals surface area contributed by atoms with Gasteiger partial charge in [0.05, 0.1) is 34.9 Å². The van der Waals surface area contributed by atoms with Crippen LogP contribution < -0.4 is 14.4 Å². The van der Waals surface area contributed by atoms with Gasteiger partial charge in [0, 0.05) is 17.9 Å². The molecule has 0 radical (unpaired) electrons. The molecule has 0 bridgehead atoms. The Morgan fingerprint density at radius 3 is 2.53 bits per heavy atom. The highest BCUT2D eigenvalue weighted by Crippen LogP contribution is 2.31. The number of ether oxygens (including phenoxy) is 2. The predicted molar refractivity (Wildman–Crippen MR) is 141 cm³/mol. The summed E-state index contributed by atoms with van der Waals surface area (Å²) >= 11 is 1.46. The van der Waals surface area contributed by atoms with Crippen molar-refractivity contribution in [3.05, 3.63) is 78.4 Å². The van der Waals surface area contributed by atoms with E-state index < -0.39 is 10.0 Å². The molecule has 1 saturated heterocycles. The van der Waals surface area contributed by atoms with Gasteiger partial charge in [0.1, 0.15) is 5.75 Å². The molecule has 8 nitrogen and oxygen atoms in total. The number of thiazole rings is 1. The number of sulfonamides is 1. The minimum absolute atomic E-state index is 0.0449. The third kappa shape index (κ3) is 5.20. The van der Waals surface area contributed by atoms with Crippen molar-refractivity contribution in [2.24, 2.45) is 0 Å². The Hall–Kier alpha value is -3.47. The summed E-state index contributed by atoms with van der Waals surface area (Å²) in [7, 11) is -2.27. The zero-order chi connectivity index (χ0) is 25.1. The zero-order valence-corrected chi connectivity index (χ0v) is 21.2.